The molecule has 0 bridgehead atoms. The predicted molar refractivity (Wildman–Crippen MR) is 111 cm³/mol. The van der Waals surface area contributed by atoms with Crippen molar-refractivity contribution in [2.24, 2.45) is 0 Å². The van der Waals surface area contributed by atoms with Gasteiger partial charge in [0, 0.05) is 40.6 Å². The SMILES string of the molecule is C=C/C(=C\C=C\c1cc(-c2ccncc2)c(-c2ccc(F)cc2)[nH]1)SOC. The molecule has 3 nitrogen and oxygen atoms in total. The fourth-order valence-electron chi connectivity index (χ4n) is 2.64. The second-order valence-electron chi connectivity index (χ2n) is 5.64. The van der Waals surface area contributed by atoms with Gasteiger partial charge in [-0.1, -0.05) is 18.7 Å². The van der Waals surface area contributed by atoms with Gasteiger partial charge in [-0.25, -0.2) is 4.39 Å². The minimum Gasteiger partial charge on any atom is -0.355 e. The van der Waals surface area contributed by atoms with E-state index in [4.69, 9.17) is 4.18 Å². The Morgan fingerprint density at radius 2 is 1.89 bits per heavy atom. The third-order valence-corrected chi connectivity index (χ3v) is 4.54. The van der Waals surface area contributed by atoms with Gasteiger partial charge in [0.25, 0.3) is 0 Å². The Morgan fingerprint density at radius 3 is 2.56 bits per heavy atom. The molecule has 5 heteroatoms. The number of nitrogens with one attached hydrogen (secondary N) is 1. The minimum atomic E-state index is -0.256. The van der Waals surface area contributed by atoms with Crippen molar-refractivity contribution in [1.29, 1.82) is 0 Å². The molecule has 0 unspecified atom stereocenters. The molecule has 3 aromatic rings. The maximum absolute atomic E-state index is 13.3. The highest BCUT2D eigenvalue weighted by molar-refractivity contribution is 7.98. The Balaban J connectivity index is 1.99. The smallest absolute Gasteiger partial charge is 0.123 e. The van der Waals surface area contributed by atoms with Crippen LogP contribution in [0.5, 0.6) is 0 Å². The maximum Gasteiger partial charge on any atom is 0.123 e. The molecule has 0 atom stereocenters. The number of hydrogen-bond donors (Lipinski definition) is 1. The molecule has 0 saturated carbocycles. The van der Waals surface area contributed by atoms with E-state index < -0.39 is 0 Å². The number of halogens is 1. The Kier molecular flexibility index (Phi) is 6.41. The van der Waals surface area contributed by atoms with Crippen molar-refractivity contribution in [3.8, 4) is 22.4 Å². The predicted octanol–water partition coefficient (Wildman–Crippen LogP) is 6.26. The van der Waals surface area contributed by atoms with Crippen molar-refractivity contribution < 1.29 is 8.57 Å². The van der Waals surface area contributed by atoms with Crippen LogP contribution in [-0.4, -0.2) is 17.1 Å². The molecular weight excluding hydrogens is 359 g/mol. The molecular formula is C22H19FN2OS. The van der Waals surface area contributed by atoms with Crippen LogP contribution in [0.1, 0.15) is 5.69 Å². The number of pyridine rings is 1. The van der Waals surface area contributed by atoms with Gasteiger partial charge in [-0.05, 0) is 65.7 Å². The Hall–Kier alpha value is -2.89. The van der Waals surface area contributed by atoms with Gasteiger partial charge >= 0.3 is 0 Å². The van der Waals surface area contributed by atoms with Crippen LogP contribution in [0.4, 0.5) is 4.39 Å². The number of nitrogens with zero attached hydrogens (tertiary/aromatic N) is 1. The first-order valence-electron chi connectivity index (χ1n) is 8.32. The third-order valence-electron chi connectivity index (χ3n) is 3.88. The average Bonchev–Trinajstić information content (AvgIpc) is 3.12. The van der Waals surface area contributed by atoms with Gasteiger partial charge in [0.1, 0.15) is 5.82 Å². The van der Waals surface area contributed by atoms with Crippen LogP contribution in [0, 0.1) is 5.82 Å². The van der Waals surface area contributed by atoms with Crippen LogP contribution in [0.15, 0.2) is 84.6 Å². The fourth-order valence-corrected chi connectivity index (χ4v) is 3.04. The summed E-state index contributed by atoms with van der Waals surface area (Å²) < 4.78 is 18.4. The van der Waals surface area contributed by atoms with Crippen molar-refractivity contribution in [2.75, 3.05) is 7.11 Å². The van der Waals surface area contributed by atoms with Crippen LogP contribution < -0.4 is 0 Å². The van der Waals surface area contributed by atoms with Crippen molar-refractivity contribution in [3.05, 3.63) is 96.1 Å². The van der Waals surface area contributed by atoms with Crippen molar-refractivity contribution in [2.45, 2.75) is 0 Å². The van der Waals surface area contributed by atoms with Crippen molar-refractivity contribution in [3.63, 3.8) is 0 Å². The van der Waals surface area contributed by atoms with E-state index in [1.54, 1.807) is 37.7 Å². The molecule has 3 rings (SSSR count). The largest absolute Gasteiger partial charge is 0.355 e. The molecule has 0 spiro atoms. The van der Waals surface area contributed by atoms with E-state index in [0.29, 0.717) is 0 Å². The second-order valence-corrected chi connectivity index (χ2v) is 6.61. The van der Waals surface area contributed by atoms with Gasteiger partial charge < -0.3 is 9.17 Å². The highest BCUT2D eigenvalue weighted by Gasteiger charge is 2.11. The normalized spacial score (nSPS) is 11.9. The first kappa shape index (κ1) is 18.9. The molecule has 1 aromatic carbocycles. The van der Waals surface area contributed by atoms with E-state index in [2.05, 4.69) is 22.6 Å². The van der Waals surface area contributed by atoms with Gasteiger partial charge in [-0.2, -0.15) is 0 Å². The van der Waals surface area contributed by atoms with Crippen LogP contribution >= 0.6 is 12.0 Å². The lowest BCUT2D eigenvalue weighted by Crippen LogP contribution is -1.84. The first-order chi connectivity index (χ1) is 13.2. The van der Waals surface area contributed by atoms with E-state index in [9.17, 15) is 4.39 Å². The maximum atomic E-state index is 13.3. The van der Waals surface area contributed by atoms with E-state index >= 15 is 0 Å². The van der Waals surface area contributed by atoms with E-state index in [-0.39, 0.29) is 5.82 Å². The van der Waals surface area contributed by atoms with E-state index in [1.807, 2.05) is 30.4 Å². The van der Waals surface area contributed by atoms with Crippen LogP contribution in [0.3, 0.4) is 0 Å². The highest BCUT2D eigenvalue weighted by atomic mass is 32.2. The molecule has 0 amide bonds. The van der Waals surface area contributed by atoms with Crippen LogP contribution in [0.2, 0.25) is 0 Å². The highest BCUT2D eigenvalue weighted by Crippen LogP contribution is 2.33. The minimum absolute atomic E-state index is 0.256. The fraction of sp³-hybridized carbons (Fsp3) is 0.0455. The van der Waals surface area contributed by atoms with E-state index in [0.717, 1.165) is 33.0 Å². The Labute approximate surface area is 162 Å². The monoisotopic (exact) mass is 378 g/mol. The summed E-state index contributed by atoms with van der Waals surface area (Å²) in [4.78, 5) is 8.41. The number of benzene rings is 1. The number of allylic oxidation sites excluding steroid dienone is 3. The molecule has 0 aliphatic rings. The number of H-pyrrole nitrogens is 1. The molecule has 0 radical (unpaired) electrons. The zero-order valence-electron chi connectivity index (χ0n) is 14.9. The topological polar surface area (TPSA) is 37.9 Å². The lowest BCUT2D eigenvalue weighted by Gasteiger charge is -2.04. The third kappa shape index (κ3) is 4.84. The van der Waals surface area contributed by atoms with Gasteiger partial charge in [0.05, 0.1) is 12.8 Å². The summed E-state index contributed by atoms with van der Waals surface area (Å²) in [6.07, 6.45) is 11.1. The van der Waals surface area contributed by atoms with Gasteiger partial charge in [0.15, 0.2) is 0 Å². The van der Waals surface area contributed by atoms with E-state index in [1.165, 1.54) is 24.2 Å². The van der Waals surface area contributed by atoms with Gasteiger partial charge in [0.2, 0.25) is 0 Å². The molecule has 0 aliphatic carbocycles. The van der Waals surface area contributed by atoms with Crippen LogP contribution in [0.25, 0.3) is 28.5 Å². The lowest BCUT2D eigenvalue weighted by atomic mass is 10.0. The van der Waals surface area contributed by atoms with Crippen molar-refractivity contribution >= 4 is 18.1 Å². The lowest BCUT2D eigenvalue weighted by molar-refractivity contribution is 0.493. The number of rotatable bonds is 7. The molecule has 0 aliphatic heterocycles. The summed E-state index contributed by atoms with van der Waals surface area (Å²) in [7, 11) is 1.62. The zero-order chi connectivity index (χ0) is 19.1. The number of aromatic nitrogens is 2. The first-order valence-corrected chi connectivity index (χ1v) is 9.06. The summed E-state index contributed by atoms with van der Waals surface area (Å²) in [6, 6.07) is 12.4. The summed E-state index contributed by atoms with van der Waals surface area (Å²) in [5.41, 5.74) is 4.85. The van der Waals surface area contributed by atoms with Gasteiger partial charge in [-0.15, -0.1) is 0 Å². The molecule has 1 N–H and O–H groups in total. The molecule has 0 fully saturated rings. The summed E-state index contributed by atoms with van der Waals surface area (Å²) in [5, 5.41) is 0. The molecule has 2 aromatic heterocycles. The summed E-state index contributed by atoms with van der Waals surface area (Å²) >= 11 is 1.25. The molecule has 136 valence electrons. The van der Waals surface area contributed by atoms with Gasteiger partial charge in [-0.3, -0.25) is 4.98 Å². The summed E-state index contributed by atoms with van der Waals surface area (Å²) in [6.45, 7) is 3.76. The standard InChI is InChI=1S/C22H19FN2OS/c1-3-20(27-26-2)6-4-5-19-15-21(16-11-13-24-14-12-16)22(25-19)17-7-9-18(23)10-8-17/h3-15,25H,1H2,2H3/b5-4+,20-6+. The molecule has 0 saturated heterocycles. The van der Waals surface area contributed by atoms with Crippen molar-refractivity contribution in [1.82, 2.24) is 9.97 Å². The number of aromatic amines is 1. The quantitative estimate of drug-likeness (QED) is 0.389. The Bertz CT molecular complexity index is 960. The number of hydrogen-bond acceptors (Lipinski definition) is 3. The van der Waals surface area contributed by atoms with Crippen LogP contribution in [-0.2, 0) is 4.18 Å². The Morgan fingerprint density at radius 1 is 1.15 bits per heavy atom. The second kappa shape index (κ2) is 9.16. The zero-order valence-corrected chi connectivity index (χ0v) is 15.7. The molecule has 2 heterocycles. The average molecular weight is 378 g/mol. The summed E-state index contributed by atoms with van der Waals surface area (Å²) in [5.74, 6) is -0.256. The molecule has 27 heavy (non-hydrogen) atoms.